The Morgan fingerprint density at radius 1 is 1.17 bits per heavy atom. The summed E-state index contributed by atoms with van der Waals surface area (Å²) >= 11 is 0. The normalized spacial score (nSPS) is 14.4. The van der Waals surface area contributed by atoms with Crippen LogP contribution < -0.4 is 0 Å². The van der Waals surface area contributed by atoms with Gasteiger partial charge in [-0.05, 0) is 26.9 Å². The third-order valence-electron chi connectivity index (χ3n) is 2.13. The first-order chi connectivity index (χ1) is 5.76. The van der Waals surface area contributed by atoms with Crippen LogP contribution in [0.2, 0.25) is 0 Å². The van der Waals surface area contributed by atoms with E-state index < -0.39 is 0 Å². The van der Waals surface area contributed by atoms with Crippen molar-refractivity contribution >= 4 is 0 Å². The van der Waals surface area contributed by atoms with Gasteiger partial charge in [-0.1, -0.05) is 13.8 Å². The maximum absolute atomic E-state index is 4.11. The van der Waals surface area contributed by atoms with Crippen molar-refractivity contribution in [2.75, 3.05) is 26.7 Å². The van der Waals surface area contributed by atoms with Gasteiger partial charge in [-0.3, -0.25) is 0 Å². The molecule has 0 radical (unpaired) electrons. The third-order valence-corrected chi connectivity index (χ3v) is 2.13. The number of hydrogen-bond donors (Lipinski definition) is 0. The lowest BCUT2D eigenvalue weighted by Gasteiger charge is -2.23. The standard InChI is InChI=1S/C9H21N3/c1-5-9(12(4)7-3)8-11-10-6-2/h9H,5-8H2,1-4H3. The summed E-state index contributed by atoms with van der Waals surface area (Å²) < 4.78 is 0. The Kier molecular flexibility index (Phi) is 6.96. The molecule has 0 aromatic rings. The summed E-state index contributed by atoms with van der Waals surface area (Å²) in [5, 5.41) is 8.09. The predicted molar refractivity (Wildman–Crippen MR) is 52.6 cm³/mol. The molecule has 3 heteroatoms. The minimum atomic E-state index is 0.560. The molecule has 0 fully saturated rings. The summed E-state index contributed by atoms with van der Waals surface area (Å²) in [6.07, 6.45) is 1.15. The number of likely N-dealkylation sites (N-methyl/N-ethyl adjacent to an activating group) is 1. The average molecular weight is 171 g/mol. The second kappa shape index (κ2) is 7.22. The number of azo groups is 1. The second-order valence-electron chi connectivity index (χ2n) is 2.92. The van der Waals surface area contributed by atoms with Gasteiger partial charge in [-0.2, -0.15) is 10.2 Å². The van der Waals surface area contributed by atoms with Crippen LogP contribution in [0.3, 0.4) is 0 Å². The topological polar surface area (TPSA) is 28.0 Å². The highest BCUT2D eigenvalue weighted by atomic mass is 15.2. The van der Waals surface area contributed by atoms with Crippen molar-refractivity contribution in [3.8, 4) is 0 Å². The zero-order valence-corrected chi connectivity index (χ0v) is 8.75. The lowest BCUT2D eigenvalue weighted by atomic mass is 10.2. The van der Waals surface area contributed by atoms with Crippen LogP contribution in [-0.4, -0.2) is 37.6 Å². The van der Waals surface area contributed by atoms with Gasteiger partial charge in [0, 0.05) is 6.04 Å². The maximum Gasteiger partial charge on any atom is 0.0754 e. The van der Waals surface area contributed by atoms with Gasteiger partial charge in [0.05, 0.1) is 13.1 Å². The van der Waals surface area contributed by atoms with E-state index in [9.17, 15) is 0 Å². The van der Waals surface area contributed by atoms with Gasteiger partial charge in [0.25, 0.3) is 0 Å². The van der Waals surface area contributed by atoms with E-state index in [0.717, 1.165) is 26.1 Å². The smallest absolute Gasteiger partial charge is 0.0754 e. The van der Waals surface area contributed by atoms with Gasteiger partial charge in [0.1, 0.15) is 0 Å². The van der Waals surface area contributed by atoms with Gasteiger partial charge in [0.15, 0.2) is 0 Å². The zero-order valence-electron chi connectivity index (χ0n) is 8.75. The van der Waals surface area contributed by atoms with Crippen LogP contribution in [0.5, 0.6) is 0 Å². The fourth-order valence-electron chi connectivity index (χ4n) is 1.09. The molecule has 0 rings (SSSR count). The molecule has 0 saturated heterocycles. The van der Waals surface area contributed by atoms with Gasteiger partial charge in [0.2, 0.25) is 0 Å². The van der Waals surface area contributed by atoms with Crippen molar-refractivity contribution in [3.63, 3.8) is 0 Å². The number of nitrogens with zero attached hydrogens (tertiary/aromatic N) is 3. The minimum absolute atomic E-state index is 0.560. The summed E-state index contributed by atoms with van der Waals surface area (Å²) in [5.74, 6) is 0. The van der Waals surface area contributed by atoms with Crippen LogP contribution in [0.15, 0.2) is 10.2 Å². The molecule has 0 bridgehead atoms. The van der Waals surface area contributed by atoms with Gasteiger partial charge >= 0.3 is 0 Å². The fourth-order valence-corrected chi connectivity index (χ4v) is 1.09. The molecule has 0 saturated carbocycles. The molecule has 0 aliphatic carbocycles. The Morgan fingerprint density at radius 2 is 1.83 bits per heavy atom. The Labute approximate surface area is 75.9 Å². The molecule has 0 spiro atoms. The molecule has 1 atom stereocenters. The van der Waals surface area contributed by atoms with E-state index in [-0.39, 0.29) is 0 Å². The first-order valence-corrected chi connectivity index (χ1v) is 4.79. The monoisotopic (exact) mass is 171 g/mol. The highest BCUT2D eigenvalue weighted by Gasteiger charge is 2.09. The van der Waals surface area contributed by atoms with E-state index in [0.29, 0.717) is 6.04 Å². The molecule has 0 aromatic carbocycles. The quantitative estimate of drug-likeness (QED) is 0.563. The molecule has 3 nitrogen and oxygen atoms in total. The molecule has 0 N–H and O–H groups in total. The highest BCUT2D eigenvalue weighted by Crippen LogP contribution is 2.01. The van der Waals surface area contributed by atoms with Crippen LogP contribution in [0.1, 0.15) is 27.2 Å². The Morgan fingerprint density at radius 3 is 2.25 bits per heavy atom. The molecule has 1 unspecified atom stereocenters. The van der Waals surface area contributed by atoms with E-state index in [4.69, 9.17) is 0 Å². The van der Waals surface area contributed by atoms with E-state index >= 15 is 0 Å². The van der Waals surface area contributed by atoms with Crippen LogP contribution in [0.4, 0.5) is 0 Å². The summed E-state index contributed by atoms with van der Waals surface area (Å²) in [7, 11) is 2.13. The van der Waals surface area contributed by atoms with Crippen LogP contribution in [-0.2, 0) is 0 Å². The lowest BCUT2D eigenvalue weighted by molar-refractivity contribution is 0.251. The van der Waals surface area contributed by atoms with Crippen LogP contribution in [0, 0.1) is 0 Å². The molecule has 0 heterocycles. The minimum Gasteiger partial charge on any atom is -0.302 e. The Bertz CT molecular complexity index is 123. The van der Waals surface area contributed by atoms with Gasteiger partial charge in [-0.15, -0.1) is 0 Å². The zero-order chi connectivity index (χ0) is 9.40. The van der Waals surface area contributed by atoms with E-state index in [1.165, 1.54) is 0 Å². The van der Waals surface area contributed by atoms with Gasteiger partial charge < -0.3 is 4.90 Å². The molecule has 0 aliphatic heterocycles. The molecule has 0 amide bonds. The lowest BCUT2D eigenvalue weighted by Crippen LogP contribution is -2.33. The molecular weight excluding hydrogens is 150 g/mol. The van der Waals surface area contributed by atoms with E-state index in [2.05, 4.69) is 36.0 Å². The summed E-state index contributed by atoms with van der Waals surface area (Å²) in [6.45, 7) is 9.09. The molecule has 0 aliphatic rings. The number of hydrogen-bond acceptors (Lipinski definition) is 3. The van der Waals surface area contributed by atoms with Crippen molar-refractivity contribution in [3.05, 3.63) is 0 Å². The summed E-state index contributed by atoms with van der Waals surface area (Å²) in [4.78, 5) is 2.31. The first-order valence-electron chi connectivity index (χ1n) is 4.79. The van der Waals surface area contributed by atoms with E-state index in [1.807, 2.05) is 6.92 Å². The second-order valence-corrected chi connectivity index (χ2v) is 2.92. The Balaban J connectivity index is 3.74. The largest absolute Gasteiger partial charge is 0.302 e. The highest BCUT2D eigenvalue weighted by molar-refractivity contribution is 4.67. The van der Waals surface area contributed by atoms with E-state index in [1.54, 1.807) is 0 Å². The van der Waals surface area contributed by atoms with Crippen molar-refractivity contribution < 1.29 is 0 Å². The van der Waals surface area contributed by atoms with Crippen LogP contribution >= 0.6 is 0 Å². The molecule has 72 valence electrons. The summed E-state index contributed by atoms with van der Waals surface area (Å²) in [5.41, 5.74) is 0. The van der Waals surface area contributed by atoms with Crippen molar-refractivity contribution in [2.24, 2.45) is 10.2 Å². The van der Waals surface area contributed by atoms with Crippen LogP contribution in [0.25, 0.3) is 0 Å². The first kappa shape index (κ1) is 11.6. The Hall–Kier alpha value is -0.440. The molecule has 0 aromatic heterocycles. The fraction of sp³-hybridized carbons (Fsp3) is 1.00. The third kappa shape index (κ3) is 4.44. The molecule has 12 heavy (non-hydrogen) atoms. The number of rotatable bonds is 6. The van der Waals surface area contributed by atoms with Crippen molar-refractivity contribution in [2.45, 2.75) is 33.2 Å². The summed E-state index contributed by atoms with van der Waals surface area (Å²) in [6, 6.07) is 0.560. The predicted octanol–water partition coefficient (Wildman–Crippen LogP) is 2.19. The van der Waals surface area contributed by atoms with Gasteiger partial charge in [-0.25, -0.2) is 0 Å². The van der Waals surface area contributed by atoms with Crippen molar-refractivity contribution in [1.29, 1.82) is 0 Å². The van der Waals surface area contributed by atoms with Crippen molar-refractivity contribution in [1.82, 2.24) is 4.90 Å². The molecular formula is C9H21N3. The SMILES string of the molecule is CCN=NCC(CC)N(C)CC. The maximum atomic E-state index is 4.11. The average Bonchev–Trinajstić information content (AvgIpc) is 2.11.